The van der Waals surface area contributed by atoms with Crippen LogP contribution < -0.4 is 4.72 Å². The number of hydrogen-bond donors (Lipinski definition) is 1. The molecule has 0 atom stereocenters. The first-order valence-electron chi connectivity index (χ1n) is 6.36. The van der Waals surface area contributed by atoms with Crippen LogP contribution in [0.3, 0.4) is 0 Å². The summed E-state index contributed by atoms with van der Waals surface area (Å²) >= 11 is 5.64. The number of aryl methyl sites for hydroxylation is 2. The normalized spacial score (nSPS) is 11.4. The first-order valence-corrected chi connectivity index (χ1v) is 8.38. The van der Waals surface area contributed by atoms with Crippen LogP contribution in [0.2, 0.25) is 0 Å². The Kier molecular flexibility index (Phi) is 4.85. The van der Waals surface area contributed by atoms with Crippen LogP contribution in [0, 0.1) is 12.7 Å². The molecule has 0 radical (unpaired) electrons. The number of hydrogen-bond acceptors (Lipinski definition) is 2. The Bertz CT molecular complexity index is 730. The number of nitrogens with one attached hydrogen (secondary N) is 1. The van der Waals surface area contributed by atoms with Crippen molar-refractivity contribution in [3.8, 4) is 0 Å². The van der Waals surface area contributed by atoms with Crippen LogP contribution in [0.1, 0.15) is 11.1 Å². The molecule has 0 saturated heterocycles. The van der Waals surface area contributed by atoms with Crippen molar-refractivity contribution in [3.05, 3.63) is 59.4 Å². The average Bonchev–Trinajstić information content (AvgIpc) is 2.43. The molecular weight excluding hydrogens is 313 g/mol. The van der Waals surface area contributed by atoms with Crippen LogP contribution in [0.25, 0.3) is 0 Å². The van der Waals surface area contributed by atoms with Crippen LogP contribution in [0.4, 0.5) is 10.1 Å². The average molecular weight is 328 g/mol. The molecule has 2 rings (SSSR count). The van der Waals surface area contributed by atoms with Gasteiger partial charge in [0.2, 0.25) is 0 Å². The molecule has 21 heavy (non-hydrogen) atoms. The van der Waals surface area contributed by atoms with Crippen LogP contribution in [-0.4, -0.2) is 14.3 Å². The zero-order valence-corrected chi connectivity index (χ0v) is 13.0. The van der Waals surface area contributed by atoms with E-state index in [0.717, 1.165) is 5.56 Å². The molecule has 0 amide bonds. The third-order valence-electron chi connectivity index (χ3n) is 3.05. The minimum atomic E-state index is -3.69. The van der Waals surface area contributed by atoms with E-state index in [2.05, 4.69) is 4.72 Å². The maximum atomic E-state index is 13.0. The Morgan fingerprint density at radius 3 is 2.38 bits per heavy atom. The molecule has 2 aromatic carbocycles. The van der Waals surface area contributed by atoms with Crippen LogP contribution in [-0.2, 0) is 16.4 Å². The molecule has 0 aliphatic heterocycles. The van der Waals surface area contributed by atoms with Crippen molar-refractivity contribution in [2.24, 2.45) is 0 Å². The van der Waals surface area contributed by atoms with E-state index in [4.69, 9.17) is 11.6 Å². The molecule has 3 nitrogen and oxygen atoms in total. The summed E-state index contributed by atoms with van der Waals surface area (Å²) in [4.78, 5) is 0.157. The number of alkyl halides is 1. The third kappa shape index (κ3) is 3.95. The molecule has 0 aliphatic carbocycles. The lowest BCUT2D eigenvalue weighted by molar-refractivity contribution is 0.601. The number of halogens is 2. The van der Waals surface area contributed by atoms with Gasteiger partial charge in [-0.2, -0.15) is 0 Å². The summed E-state index contributed by atoms with van der Waals surface area (Å²) in [7, 11) is -3.69. The molecule has 0 aromatic heterocycles. The van der Waals surface area contributed by atoms with Crippen LogP contribution >= 0.6 is 11.6 Å². The molecule has 1 N–H and O–H groups in total. The predicted octanol–water partition coefficient (Wildman–Crippen LogP) is 3.72. The summed E-state index contributed by atoms with van der Waals surface area (Å²) in [5.74, 6) is 0.0833. The van der Waals surface area contributed by atoms with E-state index in [1.54, 1.807) is 19.1 Å². The largest absolute Gasteiger partial charge is 0.279 e. The Labute approximate surface area is 128 Å². The highest BCUT2D eigenvalue weighted by Crippen LogP contribution is 2.20. The molecular formula is C15H15ClFNO2S. The van der Waals surface area contributed by atoms with Crippen molar-refractivity contribution < 1.29 is 12.8 Å². The Morgan fingerprint density at radius 1 is 1.14 bits per heavy atom. The Balaban J connectivity index is 2.25. The minimum Gasteiger partial charge on any atom is -0.279 e. The summed E-state index contributed by atoms with van der Waals surface area (Å²) in [6.07, 6.45) is 0.687. The van der Waals surface area contributed by atoms with Gasteiger partial charge in [-0.15, -0.1) is 11.6 Å². The van der Waals surface area contributed by atoms with Crippen molar-refractivity contribution in [3.63, 3.8) is 0 Å². The lowest BCUT2D eigenvalue weighted by Gasteiger charge is -2.11. The fourth-order valence-corrected chi connectivity index (χ4v) is 3.24. The predicted molar refractivity (Wildman–Crippen MR) is 82.8 cm³/mol. The van der Waals surface area contributed by atoms with E-state index in [9.17, 15) is 12.8 Å². The van der Waals surface area contributed by atoms with E-state index in [1.165, 1.54) is 30.3 Å². The van der Waals surface area contributed by atoms with E-state index >= 15 is 0 Å². The van der Waals surface area contributed by atoms with Gasteiger partial charge in [-0.1, -0.05) is 12.1 Å². The van der Waals surface area contributed by atoms with Crippen molar-refractivity contribution in [2.45, 2.75) is 18.2 Å². The summed E-state index contributed by atoms with van der Waals surface area (Å²) in [5.41, 5.74) is 1.86. The smallest absolute Gasteiger partial charge is 0.261 e. The highest BCUT2D eigenvalue weighted by Gasteiger charge is 2.15. The van der Waals surface area contributed by atoms with Gasteiger partial charge in [0.15, 0.2) is 0 Å². The van der Waals surface area contributed by atoms with Gasteiger partial charge in [0.05, 0.1) is 10.6 Å². The SMILES string of the molecule is Cc1cc(F)ccc1NS(=O)(=O)c1ccc(CCCl)cc1. The zero-order valence-electron chi connectivity index (χ0n) is 11.4. The summed E-state index contributed by atoms with van der Waals surface area (Å²) < 4.78 is 40.0. The number of sulfonamides is 1. The van der Waals surface area contributed by atoms with Crippen molar-refractivity contribution >= 4 is 27.3 Å². The molecule has 0 saturated carbocycles. The molecule has 0 aliphatic rings. The van der Waals surface area contributed by atoms with E-state index in [1.807, 2.05) is 0 Å². The molecule has 0 heterocycles. The first kappa shape index (κ1) is 15.8. The van der Waals surface area contributed by atoms with Gasteiger partial charge in [-0.25, -0.2) is 12.8 Å². The van der Waals surface area contributed by atoms with Crippen molar-refractivity contribution in [1.29, 1.82) is 0 Å². The molecule has 0 bridgehead atoms. The van der Waals surface area contributed by atoms with E-state index in [-0.39, 0.29) is 4.90 Å². The van der Waals surface area contributed by atoms with Gasteiger partial charge >= 0.3 is 0 Å². The fraction of sp³-hybridized carbons (Fsp3) is 0.200. The zero-order chi connectivity index (χ0) is 15.5. The highest BCUT2D eigenvalue weighted by atomic mass is 35.5. The quantitative estimate of drug-likeness (QED) is 0.851. The monoisotopic (exact) mass is 327 g/mol. The minimum absolute atomic E-state index is 0.157. The number of rotatable bonds is 5. The standard InChI is InChI=1S/C15H15ClFNO2S/c1-11-10-13(17)4-7-15(11)18-21(19,20)14-5-2-12(3-6-14)8-9-16/h2-7,10,18H,8-9H2,1H3. The maximum absolute atomic E-state index is 13.0. The second kappa shape index (κ2) is 6.45. The van der Waals surface area contributed by atoms with Gasteiger partial charge in [0.1, 0.15) is 5.82 Å². The molecule has 112 valence electrons. The molecule has 6 heteroatoms. The number of anilines is 1. The van der Waals surface area contributed by atoms with Crippen LogP contribution in [0.5, 0.6) is 0 Å². The van der Waals surface area contributed by atoms with Gasteiger partial charge in [0.25, 0.3) is 10.0 Å². The summed E-state index contributed by atoms with van der Waals surface area (Å²) in [6.45, 7) is 1.64. The topological polar surface area (TPSA) is 46.2 Å². The van der Waals surface area contributed by atoms with E-state index < -0.39 is 15.8 Å². The van der Waals surface area contributed by atoms with Gasteiger partial charge < -0.3 is 0 Å². The lowest BCUT2D eigenvalue weighted by atomic mass is 10.2. The second-order valence-corrected chi connectivity index (χ2v) is 6.71. The molecule has 0 fully saturated rings. The van der Waals surface area contributed by atoms with Gasteiger partial charge in [-0.3, -0.25) is 4.72 Å². The first-order chi connectivity index (χ1) is 9.92. The highest BCUT2D eigenvalue weighted by molar-refractivity contribution is 7.92. The van der Waals surface area contributed by atoms with Gasteiger partial charge in [0, 0.05) is 5.88 Å². The van der Waals surface area contributed by atoms with Gasteiger partial charge in [-0.05, 0) is 54.8 Å². The third-order valence-corrected chi connectivity index (χ3v) is 4.62. The van der Waals surface area contributed by atoms with Crippen molar-refractivity contribution in [1.82, 2.24) is 0 Å². The fourth-order valence-electron chi connectivity index (χ4n) is 1.89. The lowest BCUT2D eigenvalue weighted by Crippen LogP contribution is -2.13. The number of benzene rings is 2. The summed E-state index contributed by atoms with van der Waals surface area (Å²) in [6, 6.07) is 10.4. The molecule has 2 aromatic rings. The van der Waals surface area contributed by atoms with E-state index in [0.29, 0.717) is 23.6 Å². The Hall–Kier alpha value is -1.59. The van der Waals surface area contributed by atoms with Crippen molar-refractivity contribution in [2.75, 3.05) is 10.6 Å². The maximum Gasteiger partial charge on any atom is 0.261 e. The second-order valence-electron chi connectivity index (χ2n) is 4.65. The molecule has 0 spiro atoms. The Morgan fingerprint density at radius 2 is 1.81 bits per heavy atom. The summed E-state index contributed by atoms with van der Waals surface area (Å²) in [5, 5.41) is 0. The van der Waals surface area contributed by atoms with Crippen LogP contribution in [0.15, 0.2) is 47.4 Å². The molecule has 0 unspecified atom stereocenters.